The van der Waals surface area contributed by atoms with E-state index < -0.39 is 0 Å². The Morgan fingerprint density at radius 3 is 2.90 bits per heavy atom. The number of benzene rings is 1. The van der Waals surface area contributed by atoms with Gasteiger partial charge in [-0.1, -0.05) is 12.1 Å². The van der Waals surface area contributed by atoms with Crippen LogP contribution in [-0.2, 0) is 0 Å². The van der Waals surface area contributed by atoms with E-state index in [1.165, 1.54) is 0 Å². The fourth-order valence-corrected chi connectivity index (χ4v) is 2.91. The maximum atomic E-state index is 12.4. The van der Waals surface area contributed by atoms with Crippen molar-refractivity contribution in [1.29, 1.82) is 0 Å². The molecule has 0 saturated carbocycles. The zero-order valence-electron chi connectivity index (χ0n) is 11.7. The van der Waals surface area contributed by atoms with Gasteiger partial charge in [0.15, 0.2) is 0 Å². The van der Waals surface area contributed by atoms with E-state index in [0.29, 0.717) is 5.92 Å². The van der Waals surface area contributed by atoms with Crippen molar-refractivity contribution in [3.05, 3.63) is 24.3 Å². The number of hydrogen-bond donors (Lipinski definition) is 3. The normalized spacial score (nSPS) is 19.1. The molecular weight excluding hydrogens is 252 g/mol. The molecular formula is C15H22N4O. The average molecular weight is 274 g/mol. The molecule has 108 valence electrons. The lowest BCUT2D eigenvalue weighted by atomic mass is 9.98. The Labute approximate surface area is 119 Å². The number of urea groups is 1. The minimum Gasteiger partial charge on any atom is -0.382 e. The zero-order valence-corrected chi connectivity index (χ0v) is 11.7. The lowest BCUT2D eigenvalue weighted by molar-refractivity contribution is 0.242. The molecule has 5 heteroatoms. The smallest absolute Gasteiger partial charge is 0.322 e. The molecule has 0 aromatic heterocycles. The molecule has 20 heavy (non-hydrogen) atoms. The molecule has 1 aromatic carbocycles. The summed E-state index contributed by atoms with van der Waals surface area (Å²) in [5.74, 6) is 0.610. The highest BCUT2D eigenvalue weighted by atomic mass is 16.2. The van der Waals surface area contributed by atoms with Crippen molar-refractivity contribution < 1.29 is 4.79 Å². The van der Waals surface area contributed by atoms with E-state index in [0.717, 1.165) is 56.9 Å². The van der Waals surface area contributed by atoms with E-state index in [2.05, 4.69) is 16.0 Å². The van der Waals surface area contributed by atoms with Crippen molar-refractivity contribution in [2.75, 3.05) is 42.9 Å². The fourth-order valence-electron chi connectivity index (χ4n) is 2.91. The largest absolute Gasteiger partial charge is 0.382 e. The average Bonchev–Trinajstić information content (AvgIpc) is 2.53. The van der Waals surface area contributed by atoms with Crippen molar-refractivity contribution in [3.63, 3.8) is 0 Å². The number of hydrogen-bond acceptors (Lipinski definition) is 3. The summed E-state index contributed by atoms with van der Waals surface area (Å²) >= 11 is 0. The van der Waals surface area contributed by atoms with E-state index in [1.807, 2.05) is 29.2 Å². The highest BCUT2D eigenvalue weighted by Crippen LogP contribution is 2.28. The maximum absolute atomic E-state index is 12.4. The van der Waals surface area contributed by atoms with Crippen LogP contribution in [-0.4, -0.2) is 38.8 Å². The summed E-state index contributed by atoms with van der Waals surface area (Å²) in [6.45, 7) is 4.44. The quantitative estimate of drug-likeness (QED) is 0.768. The second-order valence-corrected chi connectivity index (χ2v) is 5.47. The first-order valence-electron chi connectivity index (χ1n) is 7.43. The number of rotatable bonds is 2. The number of piperidine rings is 1. The van der Waals surface area contributed by atoms with Crippen LogP contribution in [0.3, 0.4) is 0 Å². The van der Waals surface area contributed by atoms with Crippen LogP contribution in [0.5, 0.6) is 0 Å². The molecule has 2 aliphatic heterocycles. The molecule has 0 aliphatic carbocycles. The molecule has 2 aliphatic rings. The Bertz CT molecular complexity index is 471. The fraction of sp³-hybridized carbons (Fsp3) is 0.533. The number of para-hydroxylation sites is 2. The molecule has 0 atom stereocenters. The summed E-state index contributed by atoms with van der Waals surface area (Å²) in [6, 6.07) is 7.99. The highest BCUT2D eigenvalue weighted by Gasteiger charge is 2.22. The number of nitrogens with one attached hydrogen (secondary N) is 3. The lowest BCUT2D eigenvalue weighted by Crippen LogP contribution is -2.47. The van der Waals surface area contributed by atoms with Crippen LogP contribution in [0.15, 0.2) is 24.3 Å². The SMILES string of the molecule is O=C(NCC1CCNCC1)N1CCNc2ccccc21. The standard InChI is InChI=1S/C15H22N4O/c20-15(18-11-12-5-7-16-8-6-12)19-10-9-17-13-3-1-2-4-14(13)19/h1-4,12,16-17H,5-11H2,(H,18,20). The molecule has 5 nitrogen and oxygen atoms in total. The maximum Gasteiger partial charge on any atom is 0.322 e. The summed E-state index contributed by atoms with van der Waals surface area (Å²) in [5, 5.41) is 9.76. The first kappa shape index (κ1) is 13.2. The van der Waals surface area contributed by atoms with Crippen LogP contribution in [0.1, 0.15) is 12.8 Å². The third kappa shape index (κ3) is 2.88. The molecule has 3 N–H and O–H groups in total. The van der Waals surface area contributed by atoms with Gasteiger partial charge in [-0.3, -0.25) is 4.90 Å². The Hall–Kier alpha value is -1.75. The topological polar surface area (TPSA) is 56.4 Å². The van der Waals surface area contributed by atoms with Gasteiger partial charge in [-0.15, -0.1) is 0 Å². The number of anilines is 2. The number of carbonyl (C=O) groups excluding carboxylic acids is 1. The minimum absolute atomic E-state index is 0.0254. The Kier molecular flexibility index (Phi) is 4.06. The predicted octanol–water partition coefficient (Wildman–Crippen LogP) is 1.63. The minimum atomic E-state index is 0.0254. The first-order valence-corrected chi connectivity index (χ1v) is 7.43. The van der Waals surface area contributed by atoms with Crippen molar-refractivity contribution in [2.45, 2.75) is 12.8 Å². The van der Waals surface area contributed by atoms with Gasteiger partial charge < -0.3 is 16.0 Å². The monoisotopic (exact) mass is 274 g/mol. The lowest BCUT2D eigenvalue weighted by Gasteiger charge is -2.31. The molecule has 1 aromatic rings. The molecule has 1 fully saturated rings. The molecule has 0 unspecified atom stereocenters. The van der Waals surface area contributed by atoms with E-state index >= 15 is 0 Å². The summed E-state index contributed by atoms with van der Waals surface area (Å²) < 4.78 is 0. The number of carbonyl (C=O) groups is 1. The van der Waals surface area contributed by atoms with Gasteiger partial charge in [-0.05, 0) is 44.0 Å². The van der Waals surface area contributed by atoms with Gasteiger partial charge in [0, 0.05) is 19.6 Å². The Morgan fingerprint density at radius 2 is 2.05 bits per heavy atom. The summed E-state index contributed by atoms with van der Waals surface area (Å²) in [5.41, 5.74) is 2.01. The van der Waals surface area contributed by atoms with Crippen LogP contribution < -0.4 is 20.9 Å². The molecule has 0 bridgehead atoms. The van der Waals surface area contributed by atoms with Crippen LogP contribution in [0.2, 0.25) is 0 Å². The van der Waals surface area contributed by atoms with Gasteiger partial charge in [-0.25, -0.2) is 4.79 Å². The van der Waals surface area contributed by atoms with Crippen LogP contribution in [0.25, 0.3) is 0 Å². The molecule has 2 heterocycles. The van der Waals surface area contributed by atoms with Crippen LogP contribution in [0.4, 0.5) is 16.2 Å². The molecule has 1 saturated heterocycles. The zero-order chi connectivity index (χ0) is 13.8. The number of amides is 2. The van der Waals surface area contributed by atoms with Gasteiger partial charge in [0.05, 0.1) is 11.4 Å². The first-order chi connectivity index (χ1) is 9.84. The third-order valence-electron chi connectivity index (χ3n) is 4.09. The van der Waals surface area contributed by atoms with E-state index in [9.17, 15) is 4.79 Å². The van der Waals surface area contributed by atoms with Crippen molar-refractivity contribution in [3.8, 4) is 0 Å². The predicted molar refractivity (Wildman–Crippen MR) is 81.3 cm³/mol. The van der Waals surface area contributed by atoms with E-state index in [4.69, 9.17) is 0 Å². The van der Waals surface area contributed by atoms with Crippen molar-refractivity contribution >= 4 is 17.4 Å². The molecule has 0 spiro atoms. The Morgan fingerprint density at radius 1 is 1.25 bits per heavy atom. The van der Waals surface area contributed by atoms with Gasteiger partial charge in [0.1, 0.15) is 0 Å². The molecule has 3 rings (SSSR count). The van der Waals surface area contributed by atoms with Gasteiger partial charge in [0.25, 0.3) is 0 Å². The second-order valence-electron chi connectivity index (χ2n) is 5.47. The van der Waals surface area contributed by atoms with Gasteiger partial charge in [0.2, 0.25) is 0 Å². The summed E-state index contributed by atoms with van der Waals surface area (Å²) in [4.78, 5) is 14.2. The van der Waals surface area contributed by atoms with Crippen LogP contribution in [0, 0.1) is 5.92 Å². The van der Waals surface area contributed by atoms with Crippen LogP contribution >= 0.6 is 0 Å². The highest BCUT2D eigenvalue weighted by molar-refractivity contribution is 5.96. The summed E-state index contributed by atoms with van der Waals surface area (Å²) in [7, 11) is 0. The van der Waals surface area contributed by atoms with Crippen molar-refractivity contribution in [2.24, 2.45) is 5.92 Å². The third-order valence-corrected chi connectivity index (χ3v) is 4.09. The van der Waals surface area contributed by atoms with Gasteiger partial charge >= 0.3 is 6.03 Å². The second kappa shape index (κ2) is 6.13. The van der Waals surface area contributed by atoms with Crippen molar-refractivity contribution in [1.82, 2.24) is 10.6 Å². The van der Waals surface area contributed by atoms with E-state index in [-0.39, 0.29) is 6.03 Å². The molecule has 2 amide bonds. The number of fused-ring (bicyclic) bond motifs is 1. The molecule has 0 radical (unpaired) electrons. The van der Waals surface area contributed by atoms with E-state index in [1.54, 1.807) is 0 Å². The Balaban J connectivity index is 1.60. The van der Waals surface area contributed by atoms with Gasteiger partial charge in [-0.2, -0.15) is 0 Å². The number of nitrogens with zero attached hydrogens (tertiary/aromatic N) is 1. The summed E-state index contributed by atoms with van der Waals surface area (Å²) in [6.07, 6.45) is 2.30.